The molecule has 0 atom stereocenters. The Balaban J connectivity index is 1.60. The lowest BCUT2D eigenvalue weighted by atomic mass is 10.1. The maximum absolute atomic E-state index is 13.6. The van der Waals surface area contributed by atoms with Gasteiger partial charge in [0.25, 0.3) is 10.0 Å². The predicted molar refractivity (Wildman–Crippen MR) is 123 cm³/mol. The molecule has 0 aliphatic carbocycles. The highest BCUT2D eigenvalue weighted by Crippen LogP contribution is 2.41. The monoisotopic (exact) mass is 451 g/mol. The Bertz CT molecular complexity index is 1430. The number of hydrogen-bond donors (Lipinski definition) is 0. The van der Waals surface area contributed by atoms with Crippen LogP contribution in [-0.4, -0.2) is 25.3 Å². The molecule has 0 amide bonds. The molecule has 8 heteroatoms. The molecule has 30 heavy (non-hydrogen) atoms. The summed E-state index contributed by atoms with van der Waals surface area (Å²) in [6.07, 6.45) is 1.93. The highest BCUT2D eigenvalue weighted by atomic mass is 32.2. The van der Waals surface area contributed by atoms with Gasteiger partial charge in [-0.15, -0.1) is 23.1 Å². The van der Waals surface area contributed by atoms with Crippen LogP contribution in [0.25, 0.3) is 22.0 Å². The number of sulfonamides is 1. The van der Waals surface area contributed by atoms with Crippen molar-refractivity contribution in [3.8, 4) is 17.2 Å². The highest BCUT2D eigenvalue weighted by Gasteiger charge is 2.30. The standard InChI is InChI=1S/C22H17N3O2S3/c1-24-7-6-16-11-19(3-4-20(16)24)30(26,27)25-8-9-28-22-5-2-15(12-21(22)25)17-10-18(13-23)29-14-17/h2-7,10-12,14H,8-9H2,1H3. The Labute approximate surface area is 183 Å². The van der Waals surface area contributed by atoms with E-state index >= 15 is 0 Å². The van der Waals surface area contributed by atoms with E-state index in [1.807, 2.05) is 59.6 Å². The fourth-order valence-electron chi connectivity index (χ4n) is 3.72. The van der Waals surface area contributed by atoms with Crippen LogP contribution in [0, 0.1) is 11.3 Å². The lowest BCUT2D eigenvalue weighted by Crippen LogP contribution is -2.35. The zero-order valence-corrected chi connectivity index (χ0v) is 18.5. The van der Waals surface area contributed by atoms with Crippen molar-refractivity contribution in [3.05, 3.63) is 65.0 Å². The van der Waals surface area contributed by atoms with Crippen molar-refractivity contribution in [2.45, 2.75) is 9.79 Å². The van der Waals surface area contributed by atoms with Gasteiger partial charge in [-0.1, -0.05) is 6.07 Å². The molecule has 0 bridgehead atoms. The van der Waals surface area contributed by atoms with E-state index in [0.29, 0.717) is 27.8 Å². The Morgan fingerprint density at radius 3 is 2.73 bits per heavy atom. The second-order valence-electron chi connectivity index (χ2n) is 7.07. The third kappa shape index (κ3) is 3.10. The molecule has 0 radical (unpaired) electrons. The van der Waals surface area contributed by atoms with E-state index < -0.39 is 10.0 Å². The summed E-state index contributed by atoms with van der Waals surface area (Å²) < 4.78 is 30.6. The summed E-state index contributed by atoms with van der Waals surface area (Å²) in [5.74, 6) is 0.705. The van der Waals surface area contributed by atoms with E-state index in [1.54, 1.807) is 23.9 Å². The zero-order chi connectivity index (χ0) is 20.9. The summed E-state index contributed by atoms with van der Waals surface area (Å²) in [5.41, 5.74) is 3.53. The second-order valence-corrected chi connectivity index (χ2v) is 11.0. The lowest BCUT2D eigenvalue weighted by molar-refractivity contribution is 0.591. The number of anilines is 1. The molecule has 0 spiro atoms. The first kappa shape index (κ1) is 19.2. The van der Waals surface area contributed by atoms with Gasteiger partial charge in [0.05, 0.1) is 10.6 Å². The van der Waals surface area contributed by atoms with E-state index in [2.05, 4.69) is 6.07 Å². The molecule has 2 aromatic carbocycles. The minimum atomic E-state index is -3.70. The number of aromatic nitrogens is 1. The summed E-state index contributed by atoms with van der Waals surface area (Å²) in [4.78, 5) is 1.88. The third-order valence-corrected chi connectivity index (χ3v) is 8.95. The van der Waals surface area contributed by atoms with Crippen LogP contribution in [0.2, 0.25) is 0 Å². The van der Waals surface area contributed by atoms with E-state index in [4.69, 9.17) is 5.26 Å². The normalized spacial score (nSPS) is 13.9. The topological polar surface area (TPSA) is 66.1 Å². The predicted octanol–water partition coefficient (Wildman–Crippen LogP) is 5.08. The third-order valence-electron chi connectivity index (χ3n) is 5.27. The summed E-state index contributed by atoms with van der Waals surface area (Å²) >= 11 is 3.05. The van der Waals surface area contributed by atoms with Gasteiger partial charge in [0.2, 0.25) is 0 Å². The highest BCUT2D eigenvalue weighted by molar-refractivity contribution is 8.00. The van der Waals surface area contributed by atoms with Crippen molar-refractivity contribution in [3.63, 3.8) is 0 Å². The molecular formula is C22H17N3O2S3. The minimum absolute atomic E-state index is 0.298. The fraction of sp³-hybridized carbons (Fsp3) is 0.136. The summed E-state index contributed by atoms with van der Waals surface area (Å²) in [6.45, 7) is 0.420. The average Bonchev–Trinajstić information content (AvgIpc) is 3.39. The first-order valence-corrected chi connectivity index (χ1v) is 12.6. The Morgan fingerprint density at radius 1 is 1.07 bits per heavy atom. The van der Waals surface area contributed by atoms with Crippen LogP contribution in [0.4, 0.5) is 5.69 Å². The van der Waals surface area contributed by atoms with Crippen LogP contribution in [0.5, 0.6) is 0 Å². The van der Waals surface area contributed by atoms with Gasteiger partial charge in [-0.2, -0.15) is 5.26 Å². The second kappa shape index (κ2) is 7.20. The van der Waals surface area contributed by atoms with Gasteiger partial charge < -0.3 is 4.57 Å². The van der Waals surface area contributed by atoms with Gasteiger partial charge >= 0.3 is 0 Å². The number of nitriles is 1. The molecule has 0 saturated carbocycles. The van der Waals surface area contributed by atoms with E-state index in [0.717, 1.165) is 26.9 Å². The smallest absolute Gasteiger partial charge is 0.264 e. The number of benzene rings is 2. The Morgan fingerprint density at radius 2 is 1.93 bits per heavy atom. The number of hydrogen-bond acceptors (Lipinski definition) is 5. The van der Waals surface area contributed by atoms with Crippen molar-refractivity contribution in [2.75, 3.05) is 16.6 Å². The van der Waals surface area contributed by atoms with Crippen LogP contribution in [0.15, 0.2) is 69.9 Å². The maximum atomic E-state index is 13.6. The first-order valence-electron chi connectivity index (χ1n) is 9.31. The molecule has 0 saturated heterocycles. The van der Waals surface area contributed by atoms with Crippen molar-refractivity contribution in [1.29, 1.82) is 5.26 Å². The molecule has 5 nitrogen and oxygen atoms in total. The van der Waals surface area contributed by atoms with Gasteiger partial charge in [0, 0.05) is 41.3 Å². The van der Waals surface area contributed by atoms with Crippen LogP contribution < -0.4 is 4.31 Å². The van der Waals surface area contributed by atoms with E-state index in [1.165, 1.54) is 15.6 Å². The van der Waals surface area contributed by atoms with Crippen LogP contribution in [0.3, 0.4) is 0 Å². The molecule has 150 valence electrons. The molecule has 3 heterocycles. The SMILES string of the molecule is Cn1ccc2cc(S(=O)(=O)N3CCSc4ccc(-c5csc(C#N)c5)cc43)ccc21. The fourth-order valence-corrected chi connectivity index (χ4v) is 7.08. The van der Waals surface area contributed by atoms with Crippen molar-refractivity contribution in [1.82, 2.24) is 4.57 Å². The first-order chi connectivity index (χ1) is 14.5. The van der Waals surface area contributed by atoms with Gasteiger partial charge in [0.15, 0.2) is 0 Å². The number of thiophene rings is 1. The van der Waals surface area contributed by atoms with Crippen molar-refractivity contribution >= 4 is 49.7 Å². The van der Waals surface area contributed by atoms with Gasteiger partial charge in [-0.05, 0) is 59.0 Å². The summed E-state index contributed by atoms with van der Waals surface area (Å²) in [5, 5.41) is 11.9. The van der Waals surface area contributed by atoms with Gasteiger partial charge in [-0.25, -0.2) is 8.42 Å². The number of fused-ring (bicyclic) bond motifs is 2. The molecule has 0 N–H and O–H groups in total. The van der Waals surface area contributed by atoms with Crippen LogP contribution >= 0.6 is 23.1 Å². The quantitative estimate of drug-likeness (QED) is 0.436. The molecule has 1 aliphatic heterocycles. The van der Waals surface area contributed by atoms with E-state index in [-0.39, 0.29) is 0 Å². The van der Waals surface area contributed by atoms with E-state index in [9.17, 15) is 8.42 Å². The molecule has 1 aliphatic rings. The number of thioether (sulfide) groups is 1. The van der Waals surface area contributed by atoms with Gasteiger partial charge in [0.1, 0.15) is 10.9 Å². The number of aryl methyl sites for hydroxylation is 1. The summed E-state index contributed by atoms with van der Waals surface area (Å²) in [7, 11) is -1.75. The van der Waals surface area contributed by atoms with Crippen molar-refractivity contribution < 1.29 is 8.42 Å². The minimum Gasteiger partial charge on any atom is -0.351 e. The van der Waals surface area contributed by atoms with Gasteiger partial charge in [-0.3, -0.25) is 4.31 Å². The number of nitrogens with zero attached hydrogens (tertiary/aromatic N) is 3. The summed E-state index contributed by atoms with van der Waals surface area (Å²) in [6, 6.07) is 17.1. The largest absolute Gasteiger partial charge is 0.351 e. The lowest BCUT2D eigenvalue weighted by Gasteiger charge is -2.30. The Kier molecular flexibility index (Phi) is 4.62. The zero-order valence-electron chi connectivity index (χ0n) is 16.1. The molecule has 5 rings (SSSR count). The molecule has 0 fully saturated rings. The maximum Gasteiger partial charge on any atom is 0.264 e. The Hall–Kier alpha value is -2.73. The molecule has 2 aromatic heterocycles. The molecular weight excluding hydrogens is 434 g/mol. The molecule has 0 unspecified atom stereocenters. The molecule has 4 aromatic rings. The van der Waals surface area contributed by atoms with Crippen LogP contribution in [0.1, 0.15) is 4.88 Å². The van der Waals surface area contributed by atoms with Crippen molar-refractivity contribution in [2.24, 2.45) is 7.05 Å². The average molecular weight is 452 g/mol. The number of rotatable bonds is 3. The van der Waals surface area contributed by atoms with Crippen LogP contribution in [-0.2, 0) is 17.1 Å².